The Kier molecular flexibility index (Phi) is 6.40. The summed E-state index contributed by atoms with van der Waals surface area (Å²) < 4.78 is 24.7. The Morgan fingerprint density at radius 1 is 1.06 bits per heavy atom. The molecule has 4 rings (SSSR count). The average molecular weight is 433 g/mol. The van der Waals surface area contributed by atoms with Crippen molar-refractivity contribution in [1.29, 1.82) is 5.26 Å². The number of non-ortho nitro benzene ring substituents is 1. The van der Waals surface area contributed by atoms with Gasteiger partial charge in [-0.15, -0.1) is 0 Å². The van der Waals surface area contributed by atoms with Gasteiger partial charge in [0.05, 0.1) is 23.2 Å². The SMILES string of the molecule is N#Cc1ccc(CN(Cc2cccc(F)c2)Cc2cc([N+](=O)[O-])cc3c2OCOC3)cc1. The van der Waals surface area contributed by atoms with Crippen molar-refractivity contribution in [2.45, 2.75) is 26.2 Å². The van der Waals surface area contributed by atoms with Crippen LogP contribution in [0.3, 0.4) is 0 Å². The third-order valence-corrected chi connectivity index (χ3v) is 5.16. The van der Waals surface area contributed by atoms with Crippen LogP contribution in [0.4, 0.5) is 10.1 Å². The smallest absolute Gasteiger partial charge is 0.270 e. The molecule has 1 heterocycles. The Hall–Kier alpha value is -3.80. The zero-order valence-corrected chi connectivity index (χ0v) is 17.2. The molecule has 1 aliphatic heterocycles. The van der Waals surface area contributed by atoms with Gasteiger partial charge >= 0.3 is 0 Å². The maximum Gasteiger partial charge on any atom is 0.270 e. The van der Waals surface area contributed by atoms with Crippen LogP contribution < -0.4 is 4.74 Å². The van der Waals surface area contributed by atoms with Crippen molar-refractivity contribution in [2.75, 3.05) is 6.79 Å². The maximum atomic E-state index is 13.8. The lowest BCUT2D eigenvalue weighted by Crippen LogP contribution is -2.24. The standard InChI is InChI=1S/C24H20FN3O4/c25-22-3-1-2-19(8-22)13-27(12-18-6-4-17(11-26)5-7-18)14-20-9-23(28(29)30)10-21-15-31-16-32-24(20)21/h1-10H,12-16H2. The molecule has 162 valence electrons. The molecule has 0 fully saturated rings. The van der Waals surface area contributed by atoms with Gasteiger partial charge < -0.3 is 9.47 Å². The summed E-state index contributed by atoms with van der Waals surface area (Å²) in [4.78, 5) is 13.1. The Morgan fingerprint density at radius 3 is 2.56 bits per heavy atom. The van der Waals surface area contributed by atoms with Gasteiger partial charge in [0.2, 0.25) is 0 Å². The predicted molar refractivity (Wildman–Crippen MR) is 114 cm³/mol. The molecule has 0 aliphatic carbocycles. The van der Waals surface area contributed by atoms with Crippen molar-refractivity contribution < 1.29 is 18.8 Å². The molecule has 0 amide bonds. The summed E-state index contributed by atoms with van der Waals surface area (Å²) in [6.45, 7) is 1.59. The Bertz CT molecular complexity index is 1170. The molecular formula is C24H20FN3O4. The van der Waals surface area contributed by atoms with Gasteiger partial charge in [0.25, 0.3) is 5.69 Å². The molecule has 7 nitrogen and oxygen atoms in total. The lowest BCUT2D eigenvalue weighted by molar-refractivity contribution is -0.385. The molecular weight excluding hydrogens is 413 g/mol. The first-order valence-electron chi connectivity index (χ1n) is 9.98. The van der Waals surface area contributed by atoms with E-state index < -0.39 is 4.92 Å². The van der Waals surface area contributed by atoms with E-state index in [0.717, 1.165) is 11.1 Å². The number of halogens is 1. The fourth-order valence-corrected chi connectivity index (χ4v) is 3.75. The van der Waals surface area contributed by atoms with Gasteiger partial charge in [0, 0.05) is 42.9 Å². The highest BCUT2D eigenvalue weighted by Gasteiger charge is 2.22. The van der Waals surface area contributed by atoms with Crippen molar-refractivity contribution >= 4 is 5.69 Å². The lowest BCUT2D eigenvalue weighted by atomic mass is 10.0. The minimum absolute atomic E-state index is 0.0306. The summed E-state index contributed by atoms with van der Waals surface area (Å²) in [5, 5.41) is 20.5. The molecule has 0 atom stereocenters. The van der Waals surface area contributed by atoms with E-state index in [0.29, 0.717) is 42.1 Å². The predicted octanol–water partition coefficient (Wildman–Crippen LogP) is 4.67. The number of ether oxygens (including phenoxy) is 2. The molecule has 3 aromatic rings. The molecule has 0 spiro atoms. The summed E-state index contributed by atoms with van der Waals surface area (Å²) in [6.07, 6.45) is 0. The van der Waals surface area contributed by atoms with E-state index >= 15 is 0 Å². The number of nitro groups is 1. The van der Waals surface area contributed by atoms with E-state index in [4.69, 9.17) is 14.7 Å². The molecule has 0 saturated carbocycles. The van der Waals surface area contributed by atoms with Crippen molar-refractivity contribution in [3.8, 4) is 11.8 Å². The number of nitriles is 1. The number of benzene rings is 3. The first-order valence-corrected chi connectivity index (χ1v) is 9.98. The lowest BCUT2D eigenvalue weighted by Gasteiger charge is -2.26. The Balaban J connectivity index is 1.67. The zero-order chi connectivity index (χ0) is 22.5. The number of hydrogen-bond donors (Lipinski definition) is 0. The van der Waals surface area contributed by atoms with Crippen LogP contribution in [-0.2, 0) is 31.0 Å². The third-order valence-electron chi connectivity index (χ3n) is 5.16. The van der Waals surface area contributed by atoms with Gasteiger partial charge in [-0.1, -0.05) is 24.3 Å². The fraction of sp³-hybridized carbons (Fsp3) is 0.208. The molecule has 3 aromatic carbocycles. The van der Waals surface area contributed by atoms with Crippen molar-refractivity contribution in [1.82, 2.24) is 4.90 Å². The number of fused-ring (bicyclic) bond motifs is 1. The van der Waals surface area contributed by atoms with Gasteiger partial charge in [-0.05, 0) is 35.4 Å². The van der Waals surface area contributed by atoms with Gasteiger partial charge in [-0.3, -0.25) is 15.0 Å². The van der Waals surface area contributed by atoms with E-state index in [2.05, 4.69) is 6.07 Å². The minimum atomic E-state index is -0.435. The number of rotatable bonds is 7. The van der Waals surface area contributed by atoms with E-state index in [1.54, 1.807) is 18.2 Å². The van der Waals surface area contributed by atoms with E-state index in [1.165, 1.54) is 24.3 Å². The summed E-state index contributed by atoms with van der Waals surface area (Å²) in [5.41, 5.74) is 3.57. The number of hydrogen-bond acceptors (Lipinski definition) is 6. The molecule has 1 aliphatic rings. The Morgan fingerprint density at radius 2 is 1.84 bits per heavy atom. The highest BCUT2D eigenvalue weighted by Crippen LogP contribution is 2.34. The number of nitro benzene ring substituents is 1. The quantitative estimate of drug-likeness (QED) is 0.397. The molecule has 0 unspecified atom stereocenters. The summed E-state index contributed by atoms with van der Waals surface area (Å²) in [6, 6.07) is 18.6. The highest BCUT2D eigenvalue weighted by molar-refractivity contribution is 5.50. The first kappa shape index (κ1) is 21.4. The van der Waals surface area contributed by atoms with Crippen LogP contribution in [0.15, 0.2) is 60.7 Å². The van der Waals surface area contributed by atoms with Crippen LogP contribution in [-0.4, -0.2) is 16.6 Å². The largest absolute Gasteiger partial charge is 0.467 e. The van der Waals surface area contributed by atoms with Crippen molar-refractivity contribution in [3.05, 3.63) is 104 Å². The van der Waals surface area contributed by atoms with E-state index in [-0.39, 0.29) is 24.9 Å². The molecule has 0 N–H and O–H groups in total. The number of nitrogens with zero attached hydrogens (tertiary/aromatic N) is 3. The van der Waals surface area contributed by atoms with Crippen molar-refractivity contribution in [3.63, 3.8) is 0 Å². The summed E-state index contributed by atoms with van der Waals surface area (Å²) >= 11 is 0. The first-order chi connectivity index (χ1) is 15.5. The maximum absolute atomic E-state index is 13.8. The van der Waals surface area contributed by atoms with Crippen LogP contribution in [0.2, 0.25) is 0 Å². The van der Waals surface area contributed by atoms with Gasteiger partial charge in [0.1, 0.15) is 11.6 Å². The topological polar surface area (TPSA) is 88.6 Å². The van der Waals surface area contributed by atoms with Crippen LogP contribution in [0.25, 0.3) is 0 Å². The summed E-state index contributed by atoms with van der Waals surface area (Å²) in [7, 11) is 0. The van der Waals surface area contributed by atoms with Gasteiger partial charge in [-0.25, -0.2) is 4.39 Å². The second-order valence-electron chi connectivity index (χ2n) is 7.54. The van der Waals surface area contributed by atoms with Crippen LogP contribution >= 0.6 is 0 Å². The molecule has 0 aromatic heterocycles. The van der Waals surface area contributed by atoms with Gasteiger partial charge in [0.15, 0.2) is 6.79 Å². The van der Waals surface area contributed by atoms with Gasteiger partial charge in [-0.2, -0.15) is 5.26 Å². The monoisotopic (exact) mass is 433 g/mol. The second-order valence-corrected chi connectivity index (χ2v) is 7.54. The average Bonchev–Trinajstić information content (AvgIpc) is 2.79. The Labute approximate surface area is 184 Å². The van der Waals surface area contributed by atoms with Crippen LogP contribution in [0.5, 0.6) is 5.75 Å². The molecule has 0 bridgehead atoms. The molecule has 8 heteroatoms. The third kappa shape index (κ3) is 5.09. The van der Waals surface area contributed by atoms with Crippen molar-refractivity contribution in [2.24, 2.45) is 0 Å². The molecule has 0 saturated heterocycles. The highest BCUT2D eigenvalue weighted by atomic mass is 19.1. The zero-order valence-electron chi connectivity index (χ0n) is 17.2. The molecule has 32 heavy (non-hydrogen) atoms. The van der Waals surface area contributed by atoms with E-state index in [1.807, 2.05) is 23.1 Å². The van der Waals surface area contributed by atoms with Crippen LogP contribution in [0, 0.1) is 27.3 Å². The van der Waals surface area contributed by atoms with E-state index in [9.17, 15) is 14.5 Å². The summed E-state index contributed by atoms with van der Waals surface area (Å²) in [5.74, 6) is 0.264. The fourth-order valence-electron chi connectivity index (χ4n) is 3.75. The minimum Gasteiger partial charge on any atom is -0.467 e. The molecule has 0 radical (unpaired) electrons. The normalized spacial score (nSPS) is 12.7. The van der Waals surface area contributed by atoms with Crippen LogP contribution in [0.1, 0.15) is 27.8 Å². The second kappa shape index (κ2) is 9.56.